The SMILES string of the molecule is Cc1cc(C)c(-c2csc(N3CCC(S(=O)(=O)c4cccc(Cl)c4)CC3)n2)c(C)c1. The number of rotatable bonds is 4. The second-order valence-corrected chi connectivity index (χ2v) is 11.5. The molecule has 3 aromatic rings. The molecule has 0 amide bonds. The molecule has 1 aromatic heterocycles. The van der Waals surface area contributed by atoms with Crippen molar-refractivity contribution in [2.75, 3.05) is 18.0 Å². The average molecular weight is 461 g/mol. The lowest BCUT2D eigenvalue weighted by Crippen LogP contribution is -2.39. The van der Waals surface area contributed by atoms with Gasteiger partial charge in [0, 0.05) is 29.1 Å². The van der Waals surface area contributed by atoms with Gasteiger partial charge in [-0.25, -0.2) is 13.4 Å². The topological polar surface area (TPSA) is 50.3 Å². The van der Waals surface area contributed by atoms with Crippen molar-refractivity contribution in [3.63, 3.8) is 0 Å². The van der Waals surface area contributed by atoms with Crippen molar-refractivity contribution in [2.45, 2.75) is 43.8 Å². The highest BCUT2D eigenvalue weighted by molar-refractivity contribution is 7.92. The number of halogens is 1. The molecule has 7 heteroatoms. The van der Waals surface area contributed by atoms with Crippen molar-refractivity contribution in [3.05, 3.63) is 63.5 Å². The molecule has 30 heavy (non-hydrogen) atoms. The smallest absolute Gasteiger partial charge is 0.185 e. The molecule has 0 atom stereocenters. The fraction of sp³-hybridized carbons (Fsp3) is 0.348. The minimum Gasteiger partial charge on any atom is -0.348 e. The minimum atomic E-state index is -3.37. The molecule has 0 radical (unpaired) electrons. The normalized spacial score (nSPS) is 15.5. The number of sulfone groups is 1. The summed E-state index contributed by atoms with van der Waals surface area (Å²) in [6.45, 7) is 7.73. The Hall–Kier alpha value is -1.89. The molecule has 0 aliphatic carbocycles. The Morgan fingerprint density at radius 1 is 1.07 bits per heavy atom. The van der Waals surface area contributed by atoms with Crippen LogP contribution in [-0.2, 0) is 9.84 Å². The van der Waals surface area contributed by atoms with E-state index in [1.54, 1.807) is 35.6 Å². The van der Waals surface area contributed by atoms with E-state index < -0.39 is 9.84 Å². The number of hydrogen-bond acceptors (Lipinski definition) is 5. The number of thiazole rings is 1. The summed E-state index contributed by atoms with van der Waals surface area (Å²) in [5.41, 5.74) is 5.92. The third kappa shape index (κ3) is 4.13. The fourth-order valence-electron chi connectivity index (χ4n) is 4.30. The lowest BCUT2D eigenvalue weighted by atomic mass is 9.98. The van der Waals surface area contributed by atoms with Gasteiger partial charge in [-0.05, 0) is 62.9 Å². The highest BCUT2D eigenvalue weighted by Crippen LogP contribution is 2.34. The van der Waals surface area contributed by atoms with Crippen molar-refractivity contribution in [1.29, 1.82) is 0 Å². The van der Waals surface area contributed by atoms with Crippen molar-refractivity contribution in [3.8, 4) is 11.3 Å². The third-order valence-corrected chi connectivity index (χ3v) is 9.10. The van der Waals surface area contributed by atoms with Crippen LogP contribution in [0, 0.1) is 20.8 Å². The molecule has 0 N–H and O–H groups in total. The van der Waals surface area contributed by atoms with Crippen LogP contribution in [0.2, 0.25) is 5.02 Å². The molecule has 4 nitrogen and oxygen atoms in total. The zero-order valence-corrected chi connectivity index (χ0v) is 19.7. The number of piperidine rings is 1. The predicted molar refractivity (Wildman–Crippen MR) is 126 cm³/mol. The van der Waals surface area contributed by atoms with E-state index in [9.17, 15) is 8.42 Å². The van der Waals surface area contributed by atoms with Crippen molar-refractivity contribution < 1.29 is 8.42 Å². The van der Waals surface area contributed by atoms with Crippen molar-refractivity contribution >= 4 is 37.9 Å². The Labute approximate surface area is 187 Å². The van der Waals surface area contributed by atoms with Crippen LogP contribution < -0.4 is 4.90 Å². The molecule has 0 saturated carbocycles. The summed E-state index contributed by atoms with van der Waals surface area (Å²) in [5.74, 6) is 0. The summed E-state index contributed by atoms with van der Waals surface area (Å²) in [7, 11) is -3.37. The first-order chi connectivity index (χ1) is 14.3. The van der Waals surface area contributed by atoms with Crippen LogP contribution >= 0.6 is 22.9 Å². The number of nitrogens with zero attached hydrogens (tertiary/aromatic N) is 2. The molecule has 0 spiro atoms. The number of anilines is 1. The molecule has 2 aromatic carbocycles. The molecule has 1 aliphatic rings. The molecule has 1 aliphatic heterocycles. The molecular weight excluding hydrogens is 436 g/mol. The van der Waals surface area contributed by atoms with E-state index in [1.165, 1.54) is 22.3 Å². The van der Waals surface area contributed by atoms with Gasteiger partial charge in [-0.2, -0.15) is 0 Å². The van der Waals surface area contributed by atoms with Gasteiger partial charge in [-0.15, -0.1) is 11.3 Å². The lowest BCUT2D eigenvalue weighted by Gasteiger charge is -2.31. The third-order valence-electron chi connectivity index (χ3n) is 5.70. The van der Waals surface area contributed by atoms with Crippen LogP contribution in [0.25, 0.3) is 11.3 Å². The molecule has 4 rings (SSSR count). The number of aryl methyl sites for hydroxylation is 3. The van der Waals surface area contributed by atoms with Crippen LogP contribution in [0.5, 0.6) is 0 Å². The van der Waals surface area contributed by atoms with Crippen LogP contribution in [0.15, 0.2) is 46.7 Å². The predicted octanol–water partition coefficient (Wildman–Crippen LogP) is 5.83. The van der Waals surface area contributed by atoms with Crippen LogP contribution in [0.3, 0.4) is 0 Å². The summed E-state index contributed by atoms with van der Waals surface area (Å²) < 4.78 is 26.0. The first-order valence-corrected chi connectivity index (χ1v) is 12.8. The second-order valence-electron chi connectivity index (χ2n) is 7.98. The minimum absolute atomic E-state index is 0.315. The standard InChI is InChI=1S/C23H25ClN2O2S2/c1-15-11-16(2)22(17(3)12-15)21-14-29-23(25-21)26-9-7-19(8-10-26)30(27,28)20-6-4-5-18(24)13-20/h4-6,11-14,19H,7-10H2,1-3H3. The first-order valence-electron chi connectivity index (χ1n) is 10.0. The molecule has 158 valence electrons. The van der Waals surface area contributed by atoms with Crippen molar-refractivity contribution in [1.82, 2.24) is 4.98 Å². The summed E-state index contributed by atoms with van der Waals surface area (Å²) in [6, 6.07) is 10.9. The average Bonchev–Trinajstić information content (AvgIpc) is 3.17. The van der Waals surface area contributed by atoms with Gasteiger partial charge in [0.25, 0.3) is 0 Å². The second kappa shape index (κ2) is 8.33. The molecule has 0 bridgehead atoms. The summed E-state index contributed by atoms with van der Waals surface area (Å²) in [4.78, 5) is 7.41. The van der Waals surface area contributed by atoms with Gasteiger partial charge in [0.1, 0.15) is 0 Å². The maximum absolute atomic E-state index is 13.0. The van der Waals surface area contributed by atoms with E-state index >= 15 is 0 Å². The Bertz CT molecular complexity index is 1160. The maximum atomic E-state index is 13.0. The van der Waals surface area contributed by atoms with E-state index in [2.05, 4.69) is 43.2 Å². The van der Waals surface area contributed by atoms with Gasteiger partial charge in [0.05, 0.1) is 15.8 Å². The summed E-state index contributed by atoms with van der Waals surface area (Å²) in [5, 5.41) is 3.14. The maximum Gasteiger partial charge on any atom is 0.185 e. The fourth-order valence-corrected chi connectivity index (χ4v) is 7.20. The van der Waals surface area contributed by atoms with Gasteiger partial charge in [-0.1, -0.05) is 35.4 Å². The van der Waals surface area contributed by atoms with Gasteiger partial charge in [0.15, 0.2) is 15.0 Å². The molecular formula is C23H25ClN2O2S2. The quantitative estimate of drug-likeness (QED) is 0.491. The zero-order chi connectivity index (χ0) is 21.5. The Morgan fingerprint density at radius 3 is 2.37 bits per heavy atom. The van der Waals surface area contributed by atoms with E-state index in [4.69, 9.17) is 16.6 Å². The molecule has 2 heterocycles. The largest absolute Gasteiger partial charge is 0.348 e. The Balaban J connectivity index is 1.49. The Kier molecular flexibility index (Phi) is 5.93. The van der Waals surface area contributed by atoms with Gasteiger partial charge < -0.3 is 4.90 Å². The first kappa shape index (κ1) is 21.3. The highest BCUT2D eigenvalue weighted by atomic mass is 35.5. The van der Waals surface area contributed by atoms with Gasteiger partial charge in [-0.3, -0.25) is 0 Å². The Morgan fingerprint density at radius 2 is 1.73 bits per heavy atom. The van der Waals surface area contributed by atoms with Gasteiger partial charge >= 0.3 is 0 Å². The number of aromatic nitrogens is 1. The summed E-state index contributed by atoms with van der Waals surface area (Å²) >= 11 is 7.62. The molecule has 1 fully saturated rings. The number of hydrogen-bond donors (Lipinski definition) is 0. The lowest BCUT2D eigenvalue weighted by molar-refractivity contribution is 0.529. The van der Waals surface area contributed by atoms with Crippen LogP contribution in [-0.4, -0.2) is 31.7 Å². The van der Waals surface area contributed by atoms with Crippen molar-refractivity contribution in [2.24, 2.45) is 0 Å². The van der Waals surface area contributed by atoms with E-state index in [0.717, 1.165) is 10.8 Å². The van der Waals surface area contributed by atoms with E-state index in [-0.39, 0.29) is 5.25 Å². The van der Waals surface area contributed by atoms with Crippen LogP contribution in [0.1, 0.15) is 29.5 Å². The van der Waals surface area contributed by atoms with Crippen LogP contribution in [0.4, 0.5) is 5.13 Å². The van der Waals surface area contributed by atoms with E-state index in [1.807, 2.05) is 0 Å². The molecule has 0 unspecified atom stereocenters. The summed E-state index contributed by atoms with van der Waals surface area (Å²) in [6.07, 6.45) is 1.18. The van der Waals surface area contributed by atoms with Gasteiger partial charge in [0.2, 0.25) is 0 Å². The zero-order valence-electron chi connectivity index (χ0n) is 17.4. The monoisotopic (exact) mass is 460 g/mol. The van der Waals surface area contributed by atoms with E-state index in [0.29, 0.717) is 35.8 Å². The highest BCUT2D eigenvalue weighted by Gasteiger charge is 2.32. The molecule has 1 saturated heterocycles. The number of benzene rings is 2.